The molecule has 0 aliphatic heterocycles. The number of aliphatic carboxylic acids is 1. The van der Waals surface area contributed by atoms with Gasteiger partial charge in [0.2, 0.25) is 0 Å². The summed E-state index contributed by atoms with van der Waals surface area (Å²) in [6.45, 7) is 6.06. The fourth-order valence-electron chi connectivity index (χ4n) is 1.67. The van der Waals surface area contributed by atoms with Crippen molar-refractivity contribution in [1.82, 2.24) is 0 Å². The first-order chi connectivity index (χ1) is 9.04. The summed E-state index contributed by atoms with van der Waals surface area (Å²) in [5, 5.41) is 9.14. The zero-order valence-electron chi connectivity index (χ0n) is 12.3. The summed E-state index contributed by atoms with van der Waals surface area (Å²) in [6, 6.07) is 0. The van der Waals surface area contributed by atoms with Crippen LogP contribution in [0.1, 0.15) is 59.3 Å². The average Bonchev–Trinajstić information content (AvgIpc) is 2.37. The Balaban J connectivity index is 4.43. The van der Waals surface area contributed by atoms with E-state index in [1.54, 1.807) is 13.0 Å². The molecule has 1 N–H and O–H groups in total. The molecule has 1 atom stereocenters. The second-order valence-corrected chi connectivity index (χ2v) is 4.70. The van der Waals surface area contributed by atoms with Gasteiger partial charge in [-0.1, -0.05) is 39.2 Å². The highest BCUT2D eigenvalue weighted by Gasteiger charge is 2.23. The Bertz CT molecular complexity index is 307. The Morgan fingerprint density at radius 2 is 1.79 bits per heavy atom. The van der Waals surface area contributed by atoms with Crippen LogP contribution in [-0.4, -0.2) is 23.7 Å². The molecule has 0 aliphatic rings. The van der Waals surface area contributed by atoms with Crippen molar-refractivity contribution >= 4 is 11.9 Å². The minimum Gasteiger partial charge on any atom is -0.478 e. The van der Waals surface area contributed by atoms with Crippen LogP contribution >= 0.6 is 0 Å². The lowest BCUT2D eigenvalue weighted by Crippen LogP contribution is -2.21. The number of unbranched alkanes of at least 4 members (excludes halogenated alkanes) is 4. The van der Waals surface area contributed by atoms with Crippen molar-refractivity contribution in [2.24, 2.45) is 5.92 Å². The molecule has 4 nitrogen and oxygen atoms in total. The highest BCUT2D eigenvalue weighted by atomic mass is 16.5. The number of ether oxygens (including phenoxy) is 1. The maximum atomic E-state index is 11.7. The van der Waals surface area contributed by atoms with Gasteiger partial charge < -0.3 is 9.84 Å². The zero-order chi connectivity index (χ0) is 14.7. The predicted octanol–water partition coefficient (Wildman–Crippen LogP) is 3.56. The normalized spacial score (nSPS) is 13.1. The highest BCUT2D eigenvalue weighted by Crippen LogP contribution is 2.15. The Morgan fingerprint density at radius 3 is 2.32 bits per heavy atom. The second-order valence-electron chi connectivity index (χ2n) is 4.70. The topological polar surface area (TPSA) is 63.6 Å². The summed E-state index contributed by atoms with van der Waals surface area (Å²) in [5.41, 5.74) is 0.151. The van der Waals surface area contributed by atoms with E-state index in [-0.39, 0.29) is 5.57 Å². The van der Waals surface area contributed by atoms with Gasteiger partial charge >= 0.3 is 11.9 Å². The van der Waals surface area contributed by atoms with Crippen LogP contribution in [0, 0.1) is 5.92 Å². The van der Waals surface area contributed by atoms with Crippen molar-refractivity contribution in [3.05, 3.63) is 11.6 Å². The van der Waals surface area contributed by atoms with Gasteiger partial charge in [0, 0.05) is 5.57 Å². The van der Waals surface area contributed by atoms with E-state index >= 15 is 0 Å². The summed E-state index contributed by atoms with van der Waals surface area (Å²) in [5.74, 6) is -2.18. The quantitative estimate of drug-likeness (QED) is 0.374. The molecular formula is C15H26O4. The van der Waals surface area contributed by atoms with E-state index in [0.717, 1.165) is 32.1 Å². The van der Waals surface area contributed by atoms with Crippen molar-refractivity contribution in [3.63, 3.8) is 0 Å². The first-order valence-corrected chi connectivity index (χ1v) is 7.14. The van der Waals surface area contributed by atoms with Gasteiger partial charge in [0.05, 0.1) is 12.5 Å². The molecule has 0 aromatic carbocycles. The lowest BCUT2D eigenvalue weighted by Gasteiger charge is -2.12. The van der Waals surface area contributed by atoms with E-state index in [1.165, 1.54) is 0 Å². The molecule has 0 saturated heterocycles. The summed E-state index contributed by atoms with van der Waals surface area (Å²) in [4.78, 5) is 22.9. The SMILES string of the molecule is CCCCC/C=C(/C(=O)O)[C@@H](C)C(=O)OCCCC. The van der Waals surface area contributed by atoms with Gasteiger partial charge in [-0.3, -0.25) is 4.79 Å². The number of carboxylic acids is 1. The van der Waals surface area contributed by atoms with Gasteiger partial charge in [-0.15, -0.1) is 0 Å². The van der Waals surface area contributed by atoms with Crippen molar-refractivity contribution in [3.8, 4) is 0 Å². The number of hydrogen-bond donors (Lipinski definition) is 1. The fourth-order valence-corrected chi connectivity index (χ4v) is 1.67. The van der Waals surface area contributed by atoms with Gasteiger partial charge in [-0.05, 0) is 26.2 Å². The van der Waals surface area contributed by atoms with Gasteiger partial charge in [-0.25, -0.2) is 4.79 Å². The van der Waals surface area contributed by atoms with Crippen molar-refractivity contribution in [1.29, 1.82) is 0 Å². The van der Waals surface area contributed by atoms with E-state index in [2.05, 4.69) is 6.92 Å². The van der Waals surface area contributed by atoms with Crippen LogP contribution < -0.4 is 0 Å². The molecule has 0 heterocycles. The smallest absolute Gasteiger partial charge is 0.332 e. The molecule has 0 fully saturated rings. The first-order valence-electron chi connectivity index (χ1n) is 7.14. The Labute approximate surface area is 115 Å². The number of carbonyl (C=O) groups is 2. The van der Waals surface area contributed by atoms with Gasteiger partial charge in [0.15, 0.2) is 0 Å². The molecular weight excluding hydrogens is 244 g/mol. The summed E-state index contributed by atoms with van der Waals surface area (Å²) in [7, 11) is 0. The molecule has 0 spiro atoms. The zero-order valence-corrected chi connectivity index (χ0v) is 12.3. The number of allylic oxidation sites excluding steroid dienone is 1. The van der Waals surface area contributed by atoms with E-state index in [4.69, 9.17) is 9.84 Å². The second kappa shape index (κ2) is 10.6. The highest BCUT2D eigenvalue weighted by molar-refractivity contribution is 5.94. The molecule has 110 valence electrons. The van der Waals surface area contributed by atoms with Crippen LogP contribution in [0.2, 0.25) is 0 Å². The van der Waals surface area contributed by atoms with Crippen LogP contribution in [0.15, 0.2) is 11.6 Å². The molecule has 0 unspecified atom stereocenters. The maximum Gasteiger partial charge on any atom is 0.332 e. The Morgan fingerprint density at radius 1 is 1.16 bits per heavy atom. The number of carboxylic acid groups (broad SMARTS) is 1. The molecule has 0 aromatic heterocycles. The molecule has 4 heteroatoms. The van der Waals surface area contributed by atoms with Crippen LogP contribution in [-0.2, 0) is 14.3 Å². The van der Waals surface area contributed by atoms with E-state index in [0.29, 0.717) is 13.0 Å². The molecule has 0 radical (unpaired) electrons. The molecule has 19 heavy (non-hydrogen) atoms. The number of rotatable bonds is 10. The Kier molecular flexibility index (Phi) is 9.85. The van der Waals surface area contributed by atoms with Crippen LogP contribution in [0.25, 0.3) is 0 Å². The van der Waals surface area contributed by atoms with Crippen LogP contribution in [0.3, 0.4) is 0 Å². The van der Waals surface area contributed by atoms with Crippen molar-refractivity contribution < 1.29 is 19.4 Å². The summed E-state index contributed by atoms with van der Waals surface area (Å²) < 4.78 is 5.06. The third-order valence-electron chi connectivity index (χ3n) is 2.98. The third kappa shape index (κ3) is 7.65. The van der Waals surface area contributed by atoms with Crippen LogP contribution in [0.4, 0.5) is 0 Å². The number of carbonyl (C=O) groups excluding carboxylic acids is 1. The Hall–Kier alpha value is -1.32. The fraction of sp³-hybridized carbons (Fsp3) is 0.733. The van der Waals surface area contributed by atoms with E-state index in [1.807, 2.05) is 6.92 Å². The van der Waals surface area contributed by atoms with Crippen LogP contribution in [0.5, 0.6) is 0 Å². The molecule has 0 aromatic rings. The predicted molar refractivity (Wildman–Crippen MR) is 74.9 cm³/mol. The van der Waals surface area contributed by atoms with E-state index in [9.17, 15) is 9.59 Å². The lowest BCUT2D eigenvalue weighted by molar-refractivity contribution is -0.148. The van der Waals surface area contributed by atoms with Crippen molar-refractivity contribution in [2.75, 3.05) is 6.61 Å². The van der Waals surface area contributed by atoms with Gasteiger partial charge in [-0.2, -0.15) is 0 Å². The molecule has 0 saturated carbocycles. The molecule has 0 rings (SSSR count). The summed E-state index contributed by atoms with van der Waals surface area (Å²) in [6.07, 6.45) is 7.21. The minimum atomic E-state index is -1.03. The van der Waals surface area contributed by atoms with Gasteiger partial charge in [0.25, 0.3) is 0 Å². The average molecular weight is 270 g/mol. The maximum absolute atomic E-state index is 11.7. The molecule has 0 aliphatic carbocycles. The van der Waals surface area contributed by atoms with E-state index < -0.39 is 17.9 Å². The molecule has 0 bridgehead atoms. The first kappa shape index (κ1) is 17.7. The minimum absolute atomic E-state index is 0.151. The standard InChI is InChI=1S/C15H26O4/c1-4-6-8-9-10-13(14(16)17)12(3)15(18)19-11-7-5-2/h10,12H,4-9,11H2,1-3H3,(H,16,17)/b13-10+/t12-/m1/s1. The number of hydrogen-bond acceptors (Lipinski definition) is 3. The number of esters is 1. The third-order valence-corrected chi connectivity index (χ3v) is 2.98. The summed E-state index contributed by atoms with van der Waals surface area (Å²) >= 11 is 0. The van der Waals surface area contributed by atoms with Gasteiger partial charge in [0.1, 0.15) is 0 Å². The van der Waals surface area contributed by atoms with Crippen molar-refractivity contribution in [2.45, 2.75) is 59.3 Å². The lowest BCUT2D eigenvalue weighted by atomic mass is 9.99. The largest absolute Gasteiger partial charge is 0.478 e. The molecule has 0 amide bonds. The monoisotopic (exact) mass is 270 g/mol.